The van der Waals surface area contributed by atoms with E-state index in [-0.39, 0.29) is 5.56 Å². The summed E-state index contributed by atoms with van der Waals surface area (Å²) in [5.41, 5.74) is -0.815. The predicted molar refractivity (Wildman–Crippen MR) is 122 cm³/mol. The topological polar surface area (TPSA) is 67.4 Å². The van der Waals surface area contributed by atoms with Gasteiger partial charge < -0.3 is 10.6 Å². The maximum atomic E-state index is 14.3. The molecule has 0 spiro atoms. The van der Waals surface area contributed by atoms with Gasteiger partial charge in [0, 0.05) is 17.8 Å². The van der Waals surface area contributed by atoms with Crippen LogP contribution < -0.4 is 10.6 Å². The summed E-state index contributed by atoms with van der Waals surface area (Å²) in [5.74, 6) is -17.4. The number of carbonyl (C=O) groups is 2. The highest BCUT2D eigenvalue weighted by Crippen LogP contribution is 2.51. The van der Waals surface area contributed by atoms with Crippen molar-refractivity contribution in [2.24, 2.45) is 0 Å². The fourth-order valence-corrected chi connectivity index (χ4v) is 3.29. The van der Waals surface area contributed by atoms with Crippen molar-refractivity contribution in [2.75, 3.05) is 11.9 Å². The van der Waals surface area contributed by atoms with Crippen LogP contribution in [0.25, 0.3) is 0 Å². The third-order valence-electron chi connectivity index (χ3n) is 5.62. The summed E-state index contributed by atoms with van der Waals surface area (Å²) >= 11 is 0. The zero-order valence-corrected chi connectivity index (χ0v) is 21.3. The highest BCUT2D eigenvalue weighted by Gasteiger charge is 2.79. The minimum atomic E-state index is -7.29. The molecule has 2 N–H and O–H groups in total. The van der Waals surface area contributed by atoms with Crippen LogP contribution in [0.1, 0.15) is 75.1 Å². The van der Waals surface area contributed by atoms with Crippen molar-refractivity contribution in [3.05, 3.63) is 29.8 Å². The van der Waals surface area contributed by atoms with Gasteiger partial charge in [0.25, 0.3) is 11.8 Å². The summed E-state index contributed by atoms with van der Waals surface area (Å²) in [6.45, 7) is 2.43. The summed E-state index contributed by atoms with van der Waals surface area (Å²) < 4.78 is 145. The van der Waals surface area contributed by atoms with Gasteiger partial charge in [-0.1, -0.05) is 58.3 Å². The third-order valence-corrected chi connectivity index (χ3v) is 5.62. The van der Waals surface area contributed by atoms with E-state index in [9.17, 15) is 57.9 Å². The Hall–Kier alpha value is -2.65. The van der Waals surface area contributed by atoms with Gasteiger partial charge >= 0.3 is 30.2 Å². The molecule has 0 aliphatic rings. The lowest BCUT2D eigenvalue weighted by molar-refractivity contribution is -0.472. The number of carbonyl (C=O) groups excluding carboxylic acids is 2. The smallest absolute Gasteiger partial charge is 0.352 e. The molecule has 0 aromatic heterocycles. The van der Waals surface area contributed by atoms with E-state index < -0.39 is 47.7 Å². The molecular formula is C24H29F11N2O3. The highest BCUT2D eigenvalue weighted by molar-refractivity contribution is 5.98. The summed E-state index contributed by atoms with van der Waals surface area (Å²) in [6, 6.07) is 3.37. The maximum absolute atomic E-state index is 14.3. The van der Waals surface area contributed by atoms with E-state index in [0.717, 1.165) is 68.1 Å². The van der Waals surface area contributed by atoms with Crippen LogP contribution in [0.15, 0.2) is 24.3 Å². The lowest BCUT2D eigenvalue weighted by Gasteiger charge is -2.34. The molecule has 1 aromatic carbocycles. The molecule has 1 atom stereocenters. The van der Waals surface area contributed by atoms with E-state index in [1.54, 1.807) is 0 Å². The van der Waals surface area contributed by atoms with E-state index in [1.165, 1.54) is 12.8 Å². The van der Waals surface area contributed by atoms with Crippen LogP contribution in [0, 0.1) is 0 Å². The lowest BCUT2D eigenvalue weighted by atomic mass is 10.1. The van der Waals surface area contributed by atoms with Crippen LogP contribution in [-0.2, 0) is 9.53 Å². The standard InChI is InChI=1S/C24H29F11N2O3/c1-2-3-4-5-6-7-8-9-10-15-36-18(38)16-11-13-17(14-12-16)37-19(39)20(25,22(28,29)30)40-24(34,35)21(26,27)23(31,32)33/h11-14H,2-10,15H2,1H3,(H,36,38)(H,37,39)/t20-/m1/s1. The number of ether oxygens (including phenoxy) is 1. The first-order valence-corrected chi connectivity index (χ1v) is 12.3. The molecule has 0 fully saturated rings. The Kier molecular flexibility index (Phi) is 12.7. The van der Waals surface area contributed by atoms with E-state index in [4.69, 9.17) is 0 Å². The molecule has 5 nitrogen and oxygen atoms in total. The second-order valence-corrected chi connectivity index (χ2v) is 8.90. The molecule has 2 amide bonds. The predicted octanol–water partition coefficient (Wildman–Crippen LogP) is 7.92. The number of hydrogen-bond acceptors (Lipinski definition) is 3. The van der Waals surface area contributed by atoms with E-state index >= 15 is 0 Å². The van der Waals surface area contributed by atoms with E-state index in [1.807, 2.05) is 0 Å². The van der Waals surface area contributed by atoms with Crippen LogP contribution in [0.3, 0.4) is 0 Å². The molecule has 230 valence electrons. The van der Waals surface area contributed by atoms with Gasteiger partial charge in [0.1, 0.15) is 0 Å². The maximum Gasteiger partial charge on any atom is 0.462 e. The fourth-order valence-electron chi connectivity index (χ4n) is 3.29. The third kappa shape index (κ3) is 9.47. The Balaban J connectivity index is 2.74. The largest absolute Gasteiger partial charge is 0.462 e. The Labute approximate surface area is 222 Å². The van der Waals surface area contributed by atoms with Crippen LogP contribution >= 0.6 is 0 Å². The minimum Gasteiger partial charge on any atom is -0.352 e. The molecule has 0 saturated heterocycles. The van der Waals surface area contributed by atoms with Crippen LogP contribution in [0.2, 0.25) is 0 Å². The SMILES string of the molecule is CCCCCCCCCCCNC(=O)c1ccc(NC(=O)[C@@](F)(OC(F)(F)C(F)(F)C(F)(F)F)C(F)(F)F)cc1. The first-order valence-electron chi connectivity index (χ1n) is 12.3. The number of hydrogen-bond donors (Lipinski definition) is 2. The van der Waals surface area contributed by atoms with Gasteiger partial charge in [0.05, 0.1) is 0 Å². The average Bonchev–Trinajstić information content (AvgIpc) is 2.83. The molecule has 40 heavy (non-hydrogen) atoms. The molecule has 16 heteroatoms. The Morgan fingerprint density at radius 3 is 1.62 bits per heavy atom. The molecule has 0 aliphatic heterocycles. The van der Waals surface area contributed by atoms with Gasteiger partial charge in [-0.2, -0.15) is 48.3 Å². The molecule has 0 saturated carbocycles. The second-order valence-electron chi connectivity index (χ2n) is 8.90. The molecule has 0 heterocycles. The van der Waals surface area contributed by atoms with Crippen molar-refractivity contribution >= 4 is 17.5 Å². The Morgan fingerprint density at radius 2 is 1.18 bits per heavy atom. The normalized spacial score (nSPS) is 14.5. The molecule has 1 aromatic rings. The number of rotatable bonds is 16. The zero-order chi connectivity index (χ0) is 30.8. The Morgan fingerprint density at radius 1 is 0.700 bits per heavy atom. The summed E-state index contributed by atoms with van der Waals surface area (Å²) in [7, 11) is 0. The van der Waals surface area contributed by atoms with Crippen molar-refractivity contribution < 1.29 is 62.6 Å². The number of anilines is 1. The van der Waals surface area contributed by atoms with E-state index in [0.29, 0.717) is 13.0 Å². The first kappa shape index (κ1) is 35.4. The first-order chi connectivity index (χ1) is 18.3. The number of alkyl halides is 11. The number of halogens is 11. The van der Waals surface area contributed by atoms with Crippen molar-refractivity contribution in [1.82, 2.24) is 5.32 Å². The minimum absolute atomic E-state index is 0.0659. The van der Waals surface area contributed by atoms with Crippen LogP contribution in [-0.4, -0.2) is 48.6 Å². The fraction of sp³-hybridized carbons (Fsp3) is 0.667. The monoisotopic (exact) mass is 602 g/mol. The van der Waals surface area contributed by atoms with E-state index in [2.05, 4.69) is 17.0 Å². The average molecular weight is 602 g/mol. The number of unbranched alkanes of at least 4 members (excludes halogenated alkanes) is 8. The molecule has 0 bridgehead atoms. The van der Waals surface area contributed by atoms with Gasteiger partial charge in [-0.3, -0.25) is 14.3 Å². The summed E-state index contributed by atoms with van der Waals surface area (Å²) in [5, 5.41) is 3.68. The van der Waals surface area contributed by atoms with Gasteiger partial charge in [0.2, 0.25) is 0 Å². The van der Waals surface area contributed by atoms with Crippen LogP contribution in [0.4, 0.5) is 54.0 Å². The molecule has 0 aliphatic carbocycles. The molecule has 0 unspecified atom stereocenters. The summed E-state index contributed by atoms with van der Waals surface area (Å²) in [6.07, 6.45) is -11.7. The second kappa shape index (κ2) is 14.3. The number of benzene rings is 1. The number of amides is 2. The van der Waals surface area contributed by atoms with Gasteiger partial charge in [0.15, 0.2) is 0 Å². The number of nitrogens with one attached hydrogen (secondary N) is 2. The van der Waals surface area contributed by atoms with Gasteiger partial charge in [-0.05, 0) is 30.7 Å². The lowest BCUT2D eigenvalue weighted by Crippen LogP contribution is -2.62. The molecule has 1 rings (SSSR count). The molecule has 0 radical (unpaired) electrons. The van der Waals surface area contributed by atoms with Crippen molar-refractivity contribution in [3.8, 4) is 0 Å². The zero-order valence-electron chi connectivity index (χ0n) is 21.3. The van der Waals surface area contributed by atoms with Gasteiger partial charge in [-0.15, -0.1) is 0 Å². The van der Waals surface area contributed by atoms with Crippen molar-refractivity contribution in [2.45, 2.75) is 94.9 Å². The van der Waals surface area contributed by atoms with Crippen molar-refractivity contribution in [3.63, 3.8) is 0 Å². The van der Waals surface area contributed by atoms with Crippen molar-refractivity contribution in [1.29, 1.82) is 0 Å². The quantitative estimate of drug-likeness (QED) is 0.149. The molecular weight excluding hydrogens is 573 g/mol. The highest BCUT2D eigenvalue weighted by atomic mass is 19.4. The summed E-state index contributed by atoms with van der Waals surface area (Å²) in [4.78, 5) is 24.0. The Bertz CT molecular complexity index is 951. The van der Waals surface area contributed by atoms with Crippen LogP contribution in [0.5, 0.6) is 0 Å². The van der Waals surface area contributed by atoms with Gasteiger partial charge in [-0.25, -0.2) is 0 Å².